The van der Waals surface area contributed by atoms with Gasteiger partial charge in [0.15, 0.2) is 0 Å². The first-order valence-corrected chi connectivity index (χ1v) is 6.92. The minimum absolute atomic E-state index is 0.167. The third kappa shape index (κ3) is 2.77. The summed E-state index contributed by atoms with van der Waals surface area (Å²) < 4.78 is 30.3. The maximum absolute atomic E-state index is 13.6. The molecule has 0 radical (unpaired) electrons. The Bertz CT molecular complexity index is 903. The van der Waals surface area contributed by atoms with Gasteiger partial charge in [0.25, 0.3) is 0 Å². The lowest BCUT2D eigenvalue weighted by Crippen LogP contribution is -2.30. The largest absolute Gasteiger partial charge is 0.477 e. The molecule has 6 nitrogen and oxygen atoms in total. The van der Waals surface area contributed by atoms with Gasteiger partial charge in [0.2, 0.25) is 0 Å². The quantitative estimate of drug-likeness (QED) is 0.741. The van der Waals surface area contributed by atoms with E-state index in [1.807, 2.05) is 0 Å². The van der Waals surface area contributed by atoms with E-state index in [0.717, 1.165) is 0 Å². The molecule has 0 aliphatic carbocycles. The number of aromatic nitrogens is 4. The SMILES string of the molecule is Cn1cc(-n2cc(CC(F)(F)C(=O)O)c3ccc(Cl)nc32)cn1. The Morgan fingerprint density at radius 1 is 1.39 bits per heavy atom. The van der Waals surface area contributed by atoms with Gasteiger partial charge >= 0.3 is 11.9 Å². The predicted molar refractivity (Wildman–Crippen MR) is 79.1 cm³/mol. The number of hydrogen-bond acceptors (Lipinski definition) is 3. The summed E-state index contributed by atoms with van der Waals surface area (Å²) in [4.78, 5) is 14.8. The van der Waals surface area contributed by atoms with Gasteiger partial charge in [-0.15, -0.1) is 0 Å². The number of hydrogen-bond donors (Lipinski definition) is 1. The van der Waals surface area contributed by atoms with E-state index in [4.69, 9.17) is 16.7 Å². The molecule has 120 valence electrons. The molecule has 9 heteroatoms. The average molecular weight is 341 g/mol. The number of aryl methyl sites for hydroxylation is 1. The van der Waals surface area contributed by atoms with Crippen molar-refractivity contribution in [3.8, 4) is 5.69 Å². The molecule has 0 bridgehead atoms. The molecule has 3 aromatic heterocycles. The first-order chi connectivity index (χ1) is 10.8. The molecule has 0 saturated heterocycles. The van der Waals surface area contributed by atoms with E-state index in [2.05, 4.69) is 10.1 Å². The summed E-state index contributed by atoms with van der Waals surface area (Å²) in [6, 6.07) is 3.02. The lowest BCUT2D eigenvalue weighted by atomic mass is 10.1. The second-order valence-corrected chi connectivity index (χ2v) is 5.48. The van der Waals surface area contributed by atoms with Crippen molar-refractivity contribution in [2.75, 3.05) is 0 Å². The zero-order chi connectivity index (χ0) is 16.8. The number of rotatable bonds is 4. The number of nitrogens with zero attached hydrogens (tertiary/aromatic N) is 4. The van der Waals surface area contributed by atoms with Gasteiger partial charge in [-0.2, -0.15) is 13.9 Å². The monoisotopic (exact) mass is 340 g/mol. The van der Waals surface area contributed by atoms with E-state index in [1.165, 1.54) is 12.3 Å². The van der Waals surface area contributed by atoms with Crippen LogP contribution >= 0.6 is 11.6 Å². The second kappa shape index (κ2) is 5.31. The van der Waals surface area contributed by atoms with E-state index in [1.54, 1.807) is 34.8 Å². The molecule has 0 unspecified atom stereocenters. The van der Waals surface area contributed by atoms with Gasteiger partial charge in [0.1, 0.15) is 10.8 Å². The summed E-state index contributed by atoms with van der Waals surface area (Å²) in [6.45, 7) is 0. The van der Waals surface area contributed by atoms with Crippen LogP contribution in [0.2, 0.25) is 5.15 Å². The zero-order valence-electron chi connectivity index (χ0n) is 11.9. The molecule has 0 aromatic carbocycles. The third-order valence-electron chi connectivity index (χ3n) is 3.39. The number of pyridine rings is 1. The number of aliphatic carboxylic acids is 1. The average Bonchev–Trinajstić information content (AvgIpc) is 3.02. The highest BCUT2D eigenvalue weighted by atomic mass is 35.5. The Morgan fingerprint density at radius 3 is 2.74 bits per heavy atom. The van der Waals surface area contributed by atoms with Crippen molar-refractivity contribution in [3.05, 3.63) is 41.4 Å². The maximum atomic E-state index is 13.6. The van der Waals surface area contributed by atoms with Crippen molar-refractivity contribution in [1.29, 1.82) is 0 Å². The van der Waals surface area contributed by atoms with E-state index >= 15 is 0 Å². The highest BCUT2D eigenvalue weighted by Gasteiger charge is 2.39. The highest BCUT2D eigenvalue weighted by molar-refractivity contribution is 6.29. The molecule has 3 heterocycles. The number of carboxylic acid groups (broad SMARTS) is 1. The van der Waals surface area contributed by atoms with Crippen LogP contribution in [0, 0.1) is 0 Å². The Labute approximate surface area is 133 Å². The summed E-state index contributed by atoms with van der Waals surface area (Å²) in [5.41, 5.74) is 1.14. The summed E-state index contributed by atoms with van der Waals surface area (Å²) in [5, 5.41) is 13.3. The van der Waals surface area contributed by atoms with E-state index in [0.29, 0.717) is 16.7 Å². The normalized spacial score (nSPS) is 12.0. The van der Waals surface area contributed by atoms with Crippen molar-refractivity contribution >= 4 is 28.6 Å². The number of carbonyl (C=O) groups is 1. The minimum Gasteiger partial charge on any atom is -0.477 e. The fourth-order valence-corrected chi connectivity index (χ4v) is 2.47. The summed E-state index contributed by atoms with van der Waals surface area (Å²) in [5.74, 6) is -6.03. The summed E-state index contributed by atoms with van der Waals surface area (Å²) >= 11 is 5.89. The van der Waals surface area contributed by atoms with Crippen LogP contribution in [-0.2, 0) is 18.3 Å². The lowest BCUT2D eigenvalue weighted by Gasteiger charge is -2.09. The molecular formula is C14H11ClF2N4O2. The second-order valence-electron chi connectivity index (χ2n) is 5.09. The Balaban J connectivity index is 2.18. The number of carboxylic acids is 1. The van der Waals surface area contributed by atoms with Gasteiger partial charge in [-0.3, -0.25) is 9.25 Å². The number of halogens is 3. The van der Waals surface area contributed by atoms with Gasteiger partial charge in [-0.25, -0.2) is 9.78 Å². The number of fused-ring (bicyclic) bond motifs is 1. The first-order valence-electron chi connectivity index (χ1n) is 6.54. The van der Waals surface area contributed by atoms with Crippen molar-refractivity contribution in [1.82, 2.24) is 19.3 Å². The van der Waals surface area contributed by atoms with Gasteiger partial charge < -0.3 is 5.11 Å². The van der Waals surface area contributed by atoms with Crippen LogP contribution in [0.3, 0.4) is 0 Å². The molecule has 23 heavy (non-hydrogen) atoms. The van der Waals surface area contributed by atoms with Crippen LogP contribution in [0.15, 0.2) is 30.7 Å². The van der Waals surface area contributed by atoms with E-state index < -0.39 is 18.3 Å². The maximum Gasteiger partial charge on any atom is 0.374 e. The van der Waals surface area contributed by atoms with Gasteiger partial charge in [0.05, 0.1) is 18.3 Å². The van der Waals surface area contributed by atoms with Crippen molar-refractivity contribution in [2.24, 2.45) is 7.05 Å². The molecule has 0 aliphatic heterocycles. The van der Waals surface area contributed by atoms with E-state index in [-0.39, 0.29) is 10.7 Å². The van der Waals surface area contributed by atoms with Gasteiger partial charge in [-0.1, -0.05) is 11.6 Å². The molecule has 0 saturated carbocycles. The van der Waals surface area contributed by atoms with Crippen molar-refractivity contribution in [2.45, 2.75) is 12.3 Å². The summed E-state index contributed by atoms with van der Waals surface area (Å²) in [7, 11) is 1.72. The molecular weight excluding hydrogens is 330 g/mol. The third-order valence-corrected chi connectivity index (χ3v) is 3.61. The van der Waals surface area contributed by atoms with E-state index in [9.17, 15) is 13.6 Å². The Morgan fingerprint density at radius 2 is 2.13 bits per heavy atom. The zero-order valence-corrected chi connectivity index (χ0v) is 12.6. The molecule has 3 aromatic rings. The molecule has 0 spiro atoms. The fourth-order valence-electron chi connectivity index (χ4n) is 2.33. The smallest absolute Gasteiger partial charge is 0.374 e. The molecule has 0 amide bonds. The van der Waals surface area contributed by atoms with Crippen molar-refractivity contribution in [3.63, 3.8) is 0 Å². The van der Waals surface area contributed by atoms with Crippen LogP contribution < -0.4 is 0 Å². The predicted octanol–water partition coefficient (Wildman–Crippen LogP) is 2.67. The molecule has 0 atom stereocenters. The molecule has 0 aliphatic rings. The Hall–Kier alpha value is -2.48. The molecule has 0 fully saturated rings. The van der Waals surface area contributed by atoms with Crippen LogP contribution in [0.1, 0.15) is 5.56 Å². The van der Waals surface area contributed by atoms with Crippen LogP contribution in [-0.4, -0.2) is 36.3 Å². The van der Waals surface area contributed by atoms with Crippen LogP contribution in [0.25, 0.3) is 16.7 Å². The molecule has 1 N–H and O–H groups in total. The van der Waals surface area contributed by atoms with Crippen molar-refractivity contribution < 1.29 is 18.7 Å². The van der Waals surface area contributed by atoms with Crippen LogP contribution in [0.4, 0.5) is 8.78 Å². The minimum atomic E-state index is -3.87. The summed E-state index contributed by atoms with van der Waals surface area (Å²) in [6.07, 6.45) is 3.72. The fraction of sp³-hybridized carbons (Fsp3) is 0.214. The Kier molecular flexibility index (Phi) is 3.56. The topological polar surface area (TPSA) is 72.9 Å². The van der Waals surface area contributed by atoms with Crippen LogP contribution in [0.5, 0.6) is 0 Å². The lowest BCUT2D eigenvalue weighted by molar-refractivity contribution is -0.164. The van der Waals surface area contributed by atoms with Gasteiger partial charge in [0, 0.05) is 24.8 Å². The first kappa shape index (κ1) is 15.4. The molecule has 3 rings (SSSR count). The standard InChI is InChI=1S/C14H11ClF2N4O2/c1-20-7-9(5-18-20)21-6-8(4-14(16,17)13(22)23)10-2-3-11(15)19-12(10)21/h2-3,5-7H,4H2,1H3,(H,22,23). The highest BCUT2D eigenvalue weighted by Crippen LogP contribution is 2.29. The van der Waals surface area contributed by atoms with Gasteiger partial charge in [-0.05, 0) is 17.7 Å². The number of alkyl halides is 2.